The topological polar surface area (TPSA) is 121 Å². The molecule has 0 atom stereocenters. The van der Waals surface area contributed by atoms with Gasteiger partial charge in [-0.05, 0) is 74.0 Å². The highest BCUT2D eigenvalue weighted by molar-refractivity contribution is 6.30. The highest BCUT2D eigenvalue weighted by Crippen LogP contribution is 2.58. The van der Waals surface area contributed by atoms with Crippen LogP contribution in [0.4, 0.5) is 11.6 Å². The fraction of sp³-hybridized carbons (Fsp3) is 0.478. The van der Waals surface area contributed by atoms with Crippen LogP contribution in [0.2, 0.25) is 5.02 Å². The van der Waals surface area contributed by atoms with Gasteiger partial charge < -0.3 is 0 Å². The number of amides is 1. The van der Waals surface area contributed by atoms with E-state index in [0.29, 0.717) is 29.3 Å². The first-order valence-corrected chi connectivity index (χ1v) is 11.9. The van der Waals surface area contributed by atoms with Crippen molar-refractivity contribution in [3.05, 3.63) is 63.2 Å². The van der Waals surface area contributed by atoms with Gasteiger partial charge in [-0.15, -0.1) is 5.10 Å². The zero-order chi connectivity index (χ0) is 23.4. The van der Waals surface area contributed by atoms with Gasteiger partial charge in [0.1, 0.15) is 12.5 Å². The van der Waals surface area contributed by atoms with Crippen LogP contribution in [0.15, 0.2) is 36.8 Å². The average Bonchev–Trinajstić information content (AvgIpc) is 3.41. The molecular weight excluding hydrogens is 458 g/mol. The molecule has 11 heteroatoms. The largest absolute Gasteiger partial charge is 0.320 e. The molecule has 4 bridgehead atoms. The van der Waals surface area contributed by atoms with Crippen molar-refractivity contribution >= 4 is 29.1 Å². The van der Waals surface area contributed by atoms with E-state index >= 15 is 0 Å². The van der Waals surface area contributed by atoms with Crippen molar-refractivity contribution in [2.24, 2.45) is 17.8 Å². The Hall–Kier alpha value is -3.27. The molecule has 0 spiro atoms. The SMILES string of the molecule is O=C(Nc1ncn(Cc2cccc(Cl)c2)n1)c1nn(C23CC4CC(CC(C4)C2)C3)cc1[N+](=O)[O-]. The molecule has 4 aliphatic rings. The molecule has 4 aliphatic carbocycles. The number of halogens is 1. The van der Waals surface area contributed by atoms with Gasteiger partial charge in [0, 0.05) is 5.02 Å². The van der Waals surface area contributed by atoms with Gasteiger partial charge in [0.25, 0.3) is 5.91 Å². The second-order valence-corrected chi connectivity index (χ2v) is 10.5. The Labute approximate surface area is 200 Å². The predicted molar refractivity (Wildman–Crippen MR) is 124 cm³/mol. The van der Waals surface area contributed by atoms with Crippen molar-refractivity contribution in [1.29, 1.82) is 0 Å². The molecule has 176 valence electrons. The maximum Gasteiger partial charge on any atom is 0.320 e. The predicted octanol–water partition coefficient (Wildman–Crippen LogP) is 4.26. The summed E-state index contributed by atoms with van der Waals surface area (Å²) in [6.45, 7) is 0.421. The maximum absolute atomic E-state index is 13.0. The second kappa shape index (κ2) is 7.90. The second-order valence-electron chi connectivity index (χ2n) is 10.1. The van der Waals surface area contributed by atoms with Gasteiger partial charge in [-0.25, -0.2) is 9.67 Å². The molecule has 4 saturated carbocycles. The van der Waals surface area contributed by atoms with E-state index in [-0.39, 0.29) is 22.9 Å². The summed E-state index contributed by atoms with van der Waals surface area (Å²) in [5, 5.41) is 23.7. The molecule has 2 heterocycles. The highest BCUT2D eigenvalue weighted by atomic mass is 35.5. The summed E-state index contributed by atoms with van der Waals surface area (Å²) >= 11 is 6.03. The van der Waals surface area contributed by atoms with Gasteiger partial charge in [0.05, 0.1) is 17.0 Å². The van der Waals surface area contributed by atoms with E-state index in [0.717, 1.165) is 24.8 Å². The Morgan fingerprint density at radius 3 is 2.53 bits per heavy atom. The van der Waals surface area contributed by atoms with E-state index in [4.69, 9.17) is 11.6 Å². The molecule has 0 radical (unpaired) electrons. The number of carbonyl (C=O) groups is 1. The third kappa shape index (κ3) is 3.75. The summed E-state index contributed by atoms with van der Waals surface area (Å²) in [5.74, 6) is 1.33. The lowest BCUT2D eigenvalue weighted by Crippen LogP contribution is -2.52. The average molecular weight is 482 g/mol. The van der Waals surface area contributed by atoms with Crippen molar-refractivity contribution in [3.63, 3.8) is 0 Å². The van der Waals surface area contributed by atoms with Crippen LogP contribution in [0.5, 0.6) is 0 Å². The number of anilines is 1. The first-order valence-electron chi connectivity index (χ1n) is 11.6. The molecule has 1 aromatic carbocycles. The smallest absolute Gasteiger partial charge is 0.287 e. The minimum atomic E-state index is -0.685. The van der Waals surface area contributed by atoms with Gasteiger partial charge in [-0.2, -0.15) is 5.10 Å². The lowest BCUT2D eigenvalue weighted by atomic mass is 9.53. The number of nitrogens with zero attached hydrogens (tertiary/aromatic N) is 6. The summed E-state index contributed by atoms with van der Waals surface area (Å²) in [6, 6.07) is 7.36. The fourth-order valence-corrected chi connectivity index (χ4v) is 6.87. The summed E-state index contributed by atoms with van der Waals surface area (Å²) in [4.78, 5) is 28.4. The molecule has 10 nitrogen and oxygen atoms in total. The number of nitrogens with one attached hydrogen (secondary N) is 1. The molecule has 1 N–H and O–H groups in total. The Kier molecular flexibility index (Phi) is 4.94. The van der Waals surface area contributed by atoms with Gasteiger partial charge in [-0.3, -0.25) is 24.9 Å². The van der Waals surface area contributed by atoms with Gasteiger partial charge >= 0.3 is 5.69 Å². The molecule has 2 aromatic heterocycles. The number of rotatable bonds is 6. The highest BCUT2D eigenvalue weighted by Gasteiger charge is 2.53. The summed E-state index contributed by atoms with van der Waals surface area (Å²) in [6.07, 6.45) is 9.63. The first-order chi connectivity index (χ1) is 16.4. The summed E-state index contributed by atoms with van der Waals surface area (Å²) in [7, 11) is 0. The molecule has 34 heavy (non-hydrogen) atoms. The number of carbonyl (C=O) groups excluding carboxylic acids is 1. The van der Waals surface area contributed by atoms with E-state index in [1.165, 1.54) is 31.8 Å². The lowest BCUT2D eigenvalue weighted by molar-refractivity contribution is -0.385. The molecule has 0 unspecified atom stereocenters. The van der Waals surface area contributed by atoms with Crippen molar-refractivity contribution in [3.8, 4) is 0 Å². The standard InChI is InChI=1S/C23H24ClN7O3/c24-18-3-1-2-14(7-18)11-29-13-25-22(28-29)26-21(32)20-19(31(33)34)12-30(27-20)23-8-15-4-16(9-23)6-17(5-15)10-23/h1-3,7,12-13,15-17H,4-6,8-11H2,(H,26,28,32). The van der Waals surface area contributed by atoms with E-state index in [2.05, 4.69) is 20.5 Å². The quantitative estimate of drug-likeness (QED) is 0.414. The zero-order valence-electron chi connectivity index (χ0n) is 18.4. The number of benzene rings is 1. The zero-order valence-corrected chi connectivity index (χ0v) is 19.2. The molecule has 4 fully saturated rings. The Bertz CT molecular complexity index is 1250. The van der Waals surface area contributed by atoms with E-state index in [9.17, 15) is 14.9 Å². The van der Waals surface area contributed by atoms with Crippen molar-refractivity contribution < 1.29 is 9.72 Å². The molecular formula is C23H24ClN7O3. The van der Waals surface area contributed by atoms with Crippen LogP contribution in [-0.2, 0) is 12.1 Å². The minimum absolute atomic E-state index is 0.0608. The van der Waals surface area contributed by atoms with Crippen LogP contribution < -0.4 is 5.32 Å². The van der Waals surface area contributed by atoms with Crippen LogP contribution in [0, 0.1) is 27.9 Å². The Balaban J connectivity index is 1.23. The molecule has 0 saturated heterocycles. The van der Waals surface area contributed by atoms with Crippen LogP contribution in [0.25, 0.3) is 0 Å². The molecule has 0 aliphatic heterocycles. The molecule has 7 rings (SSSR count). The maximum atomic E-state index is 13.0. The normalized spacial score (nSPS) is 27.1. The Morgan fingerprint density at radius 2 is 1.88 bits per heavy atom. The van der Waals surface area contributed by atoms with Crippen LogP contribution in [-0.4, -0.2) is 35.4 Å². The monoisotopic (exact) mass is 481 g/mol. The van der Waals surface area contributed by atoms with E-state index < -0.39 is 10.8 Å². The number of aromatic nitrogens is 5. The number of hydrogen-bond acceptors (Lipinski definition) is 6. The van der Waals surface area contributed by atoms with Gasteiger partial charge in [0.15, 0.2) is 0 Å². The Morgan fingerprint density at radius 1 is 1.18 bits per heavy atom. The van der Waals surface area contributed by atoms with E-state index in [1.54, 1.807) is 15.4 Å². The molecule has 3 aromatic rings. The third-order valence-corrected chi connectivity index (χ3v) is 7.83. The van der Waals surface area contributed by atoms with Crippen molar-refractivity contribution in [2.45, 2.75) is 50.6 Å². The fourth-order valence-electron chi connectivity index (χ4n) is 6.66. The first kappa shape index (κ1) is 21.3. The van der Waals surface area contributed by atoms with Crippen LogP contribution in [0.1, 0.15) is 54.6 Å². The number of nitro groups is 1. The lowest BCUT2D eigenvalue weighted by Gasteiger charge is -2.56. The minimum Gasteiger partial charge on any atom is -0.287 e. The summed E-state index contributed by atoms with van der Waals surface area (Å²) < 4.78 is 3.29. The van der Waals surface area contributed by atoms with Gasteiger partial charge in [0.2, 0.25) is 11.6 Å². The van der Waals surface area contributed by atoms with Crippen LogP contribution in [0.3, 0.4) is 0 Å². The van der Waals surface area contributed by atoms with Crippen molar-refractivity contribution in [2.75, 3.05) is 5.32 Å². The third-order valence-electron chi connectivity index (χ3n) is 7.59. The van der Waals surface area contributed by atoms with Gasteiger partial charge in [-0.1, -0.05) is 23.7 Å². The number of hydrogen-bond donors (Lipinski definition) is 1. The van der Waals surface area contributed by atoms with E-state index in [1.807, 2.05) is 18.2 Å². The van der Waals surface area contributed by atoms with Crippen LogP contribution >= 0.6 is 11.6 Å². The van der Waals surface area contributed by atoms with Crippen molar-refractivity contribution in [1.82, 2.24) is 24.5 Å². The summed E-state index contributed by atoms with van der Waals surface area (Å²) in [5.41, 5.74) is 0.230. The molecule has 1 amide bonds.